The van der Waals surface area contributed by atoms with Gasteiger partial charge in [-0.1, -0.05) is 12.1 Å². The monoisotopic (exact) mass is 430 g/mol. The van der Waals surface area contributed by atoms with E-state index in [0.717, 1.165) is 16.9 Å². The molecular weight excluding hydrogens is 408 g/mol. The van der Waals surface area contributed by atoms with E-state index in [1.807, 2.05) is 42.5 Å². The number of aromatic nitrogens is 3. The average Bonchev–Trinajstić information content (AvgIpc) is 3.29. The normalized spacial score (nSPS) is 13.9. The number of hydrogen-bond donors (Lipinski definition) is 1. The van der Waals surface area contributed by atoms with E-state index in [0.29, 0.717) is 49.1 Å². The second kappa shape index (κ2) is 8.54. The molecule has 1 amide bonds. The standard InChI is InChI=1S/C23H22N6O3/c1-31-18-4-2-3-16-15-19(32-22(16)18)23(30)29-13-11-28(12-14-29)21-6-5-20(26-27-21)25-17-7-9-24-10-8-17/h2-10,15H,11-14H2,1H3,(H,24,25,26). The summed E-state index contributed by atoms with van der Waals surface area (Å²) in [6.07, 6.45) is 3.43. The summed E-state index contributed by atoms with van der Waals surface area (Å²) in [5, 5.41) is 12.6. The third-order valence-corrected chi connectivity index (χ3v) is 5.43. The van der Waals surface area contributed by atoms with Gasteiger partial charge >= 0.3 is 0 Å². The Balaban J connectivity index is 1.22. The van der Waals surface area contributed by atoms with E-state index in [1.165, 1.54) is 0 Å². The number of pyridine rings is 1. The summed E-state index contributed by atoms with van der Waals surface area (Å²) >= 11 is 0. The molecule has 1 fully saturated rings. The topological polar surface area (TPSA) is 96.6 Å². The zero-order valence-corrected chi connectivity index (χ0v) is 17.6. The van der Waals surface area contributed by atoms with Crippen LogP contribution in [0.15, 0.2) is 65.3 Å². The van der Waals surface area contributed by atoms with E-state index in [-0.39, 0.29) is 5.91 Å². The van der Waals surface area contributed by atoms with Gasteiger partial charge in [0.15, 0.2) is 28.7 Å². The average molecular weight is 430 g/mol. The molecule has 0 aliphatic carbocycles. The Morgan fingerprint density at radius 1 is 1.03 bits per heavy atom. The van der Waals surface area contributed by atoms with Crippen molar-refractivity contribution < 1.29 is 13.9 Å². The van der Waals surface area contributed by atoms with E-state index in [4.69, 9.17) is 9.15 Å². The summed E-state index contributed by atoms with van der Waals surface area (Å²) in [5.74, 6) is 2.27. The molecule has 9 nitrogen and oxygen atoms in total. The largest absolute Gasteiger partial charge is 0.493 e. The number of piperazine rings is 1. The van der Waals surface area contributed by atoms with Crippen LogP contribution in [-0.2, 0) is 0 Å². The molecule has 0 radical (unpaired) electrons. The molecule has 162 valence electrons. The minimum atomic E-state index is -0.120. The van der Waals surface area contributed by atoms with Gasteiger partial charge in [0.1, 0.15) is 0 Å². The number of hydrogen-bond acceptors (Lipinski definition) is 8. The van der Waals surface area contributed by atoms with Crippen LogP contribution in [0.1, 0.15) is 10.6 Å². The highest BCUT2D eigenvalue weighted by atomic mass is 16.5. The number of ether oxygens (including phenoxy) is 1. The highest BCUT2D eigenvalue weighted by Crippen LogP contribution is 2.29. The Kier molecular flexibility index (Phi) is 5.29. The molecule has 0 unspecified atom stereocenters. The number of carbonyl (C=O) groups is 1. The predicted octanol–water partition coefficient (Wildman–Crippen LogP) is 3.33. The van der Waals surface area contributed by atoms with Gasteiger partial charge in [-0.25, -0.2) is 0 Å². The fraction of sp³-hybridized carbons (Fsp3) is 0.217. The van der Waals surface area contributed by atoms with Crippen LogP contribution < -0.4 is 15.0 Å². The molecule has 0 saturated carbocycles. The molecule has 4 heterocycles. The Hall–Kier alpha value is -4.14. The zero-order valence-electron chi connectivity index (χ0n) is 17.6. The van der Waals surface area contributed by atoms with E-state index >= 15 is 0 Å². The van der Waals surface area contributed by atoms with Crippen molar-refractivity contribution in [2.45, 2.75) is 0 Å². The molecule has 9 heteroatoms. The first kappa shape index (κ1) is 19.8. The van der Waals surface area contributed by atoms with Gasteiger partial charge < -0.3 is 24.3 Å². The number of nitrogens with one attached hydrogen (secondary N) is 1. The molecule has 5 rings (SSSR count). The number of para-hydroxylation sites is 1. The maximum atomic E-state index is 13.0. The van der Waals surface area contributed by atoms with Crippen molar-refractivity contribution >= 4 is 34.2 Å². The van der Waals surface area contributed by atoms with Crippen molar-refractivity contribution in [1.82, 2.24) is 20.1 Å². The third kappa shape index (κ3) is 3.92. The molecule has 32 heavy (non-hydrogen) atoms. The zero-order chi connectivity index (χ0) is 21.9. The quantitative estimate of drug-likeness (QED) is 0.515. The first-order valence-electron chi connectivity index (χ1n) is 10.3. The second-order valence-corrected chi connectivity index (χ2v) is 7.41. The fourth-order valence-electron chi connectivity index (χ4n) is 3.74. The third-order valence-electron chi connectivity index (χ3n) is 5.43. The lowest BCUT2D eigenvalue weighted by Gasteiger charge is -2.34. The van der Waals surface area contributed by atoms with Gasteiger partial charge in [-0.15, -0.1) is 10.2 Å². The molecule has 1 aromatic carbocycles. The van der Waals surface area contributed by atoms with Gasteiger partial charge in [0, 0.05) is 49.6 Å². The second-order valence-electron chi connectivity index (χ2n) is 7.41. The van der Waals surface area contributed by atoms with Crippen LogP contribution in [0, 0.1) is 0 Å². The minimum Gasteiger partial charge on any atom is -0.493 e. The molecule has 1 aliphatic rings. The fourth-order valence-corrected chi connectivity index (χ4v) is 3.74. The first-order valence-corrected chi connectivity index (χ1v) is 10.3. The van der Waals surface area contributed by atoms with Crippen molar-refractivity contribution in [3.05, 3.63) is 66.7 Å². The SMILES string of the molecule is COc1cccc2cc(C(=O)N3CCN(c4ccc(Nc5ccncc5)nn4)CC3)oc12. The summed E-state index contributed by atoms with van der Waals surface area (Å²) in [7, 11) is 1.59. The molecule has 1 saturated heterocycles. The molecule has 0 bridgehead atoms. The van der Waals surface area contributed by atoms with E-state index < -0.39 is 0 Å². The Bertz CT molecular complexity index is 1220. The number of fused-ring (bicyclic) bond motifs is 1. The lowest BCUT2D eigenvalue weighted by atomic mass is 10.2. The van der Waals surface area contributed by atoms with Crippen LogP contribution in [0.5, 0.6) is 5.75 Å². The number of carbonyl (C=O) groups excluding carboxylic acids is 1. The number of nitrogens with zero attached hydrogens (tertiary/aromatic N) is 5. The van der Waals surface area contributed by atoms with Crippen molar-refractivity contribution in [2.75, 3.05) is 43.5 Å². The number of amides is 1. The number of rotatable bonds is 5. The summed E-state index contributed by atoms with van der Waals surface area (Å²) in [5.41, 5.74) is 1.49. The van der Waals surface area contributed by atoms with Gasteiger partial charge in [0.25, 0.3) is 5.91 Å². The van der Waals surface area contributed by atoms with Crippen LogP contribution in [0.25, 0.3) is 11.0 Å². The van der Waals surface area contributed by atoms with Gasteiger partial charge in [-0.05, 0) is 36.4 Å². The van der Waals surface area contributed by atoms with Crippen LogP contribution in [0.4, 0.5) is 17.3 Å². The van der Waals surface area contributed by atoms with E-state index in [2.05, 4.69) is 25.4 Å². The van der Waals surface area contributed by atoms with Crippen molar-refractivity contribution in [1.29, 1.82) is 0 Å². The first-order chi connectivity index (χ1) is 15.7. The molecule has 1 aliphatic heterocycles. The van der Waals surface area contributed by atoms with E-state index in [9.17, 15) is 4.79 Å². The Morgan fingerprint density at radius 2 is 1.84 bits per heavy atom. The summed E-state index contributed by atoms with van der Waals surface area (Å²) in [6.45, 7) is 2.49. The van der Waals surface area contributed by atoms with Gasteiger partial charge in [0.2, 0.25) is 0 Å². The Labute approximate surface area is 184 Å². The summed E-state index contributed by atoms with van der Waals surface area (Å²) in [6, 6.07) is 14.9. The number of anilines is 3. The highest BCUT2D eigenvalue weighted by molar-refractivity contribution is 5.97. The number of benzene rings is 1. The maximum Gasteiger partial charge on any atom is 0.289 e. The van der Waals surface area contributed by atoms with Crippen LogP contribution in [0.3, 0.4) is 0 Å². The van der Waals surface area contributed by atoms with Crippen molar-refractivity contribution in [3.63, 3.8) is 0 Å². The van der Waals surface area contributed by atoms with Crippen molar-refractivity contribution in [2.24, 2.45) is 0 Å². The number of furan rings is 1. The molecule has 0 spiro atoms. The van der Waals surface area contributed by atoms with Gasteiger partial charge in [0.05, 0.1) is 7.11 Å². The molecule has 3 aromatic heterocycles. The lowest BCUT2D eigenvalue weighted by molar-refractivity contribution is 0.0716. The molecular formula is C23H22N6O3. The van der Waals surface area contributed by atoms with Crippen LogP contribution in [-0.4, -0.2) is 59.3 Å². The number of methoxy groups -OCH3 is 1. The van der Waals surface area contributed by atoms with Gasteiger partial charge in [-0.3, -0.25) is 9.78 Å². The maximum absolute atomic E-state index is 13.0. The molecule has 4 aromatic rings. The molecule has 1 N–H and O–H groups in total. The van der Waals surface area contributed by atoms with Gasteiger partial charge in [-0.2, -0.15) is 0 Å². The minimum absolute atomic E-state index is 0.120. The van der Waals surface area contributed by atoms with Crippen LogP contribution in [0.2, 0.25) is 0 Å². The highest BCUT2D eigenvalue weighted by Gasteiger charge is 2.25. The Morgan fingerprint density at radius 3 is 2.56 bits per heavy atom. The van der Waals surface area contributed by atoms with E-state index in [1.54, 1.807) is 30.5 Å². The smallest absolute Gasteiger partial charge is 0.289 e. The lowest BCUT2D eigenvalue weighted by Crippen LogP contribution is -2.49. The van der Waals surface area contributed by atoms with Crippen LogP contribution >= 0.6 is 0 Å². The van der Waals surface area contributed by atoms with Crippen molar-refractivity contribution in [3.8, 4) is 5.75 Å². The predicted molar refractivity (Wildman–Crippen MR) is 120 cm³/mol. The summed E-state index contributed by atoms with van der Waals surface area (Å²) in [4.78, 5) is 20.9. The summed E-state index contributed by atoms with van der Waals surface area (Å²) < 4.78 is 11.1. The molecule has 0 atom stereocenters.